The maximum atomic E-state index is 12.4. The highest BCUT2D eigenvalue weighted by molar-refractivity contribution is 5.89. The van der Waals surface area contributed by atoms with Crippen molar-refractivity contribution in [3.63, 3.8) is 0 Å². The molecular formula is C20H29N3O. The fraction of sp³-hybridized carbons (Fsp3) is 0.650. The maximum Gasteiger partial charge on any atom is 0.319 e. The van der Waals surface area contributed by atoms with Crippen LogP contribution in [-0.2, 0) is 0 Å². The fourth-order valence-electron chi connectivity index (χ4n) is 4.90. The third-order valence-electron chi connectivity index (χ3n) is 5.81. The molecule has 3 fully saturated rings. The molecular weight excluding hydrogens is 298 g/mol. The Kier molecular flexibility index (Phi) is 4.25. The Morgan fingerprint density at radius 3 is 2.17 bits per heavy atom. The molecule has 4 heteroatoms. The van der Waals surface area contributed by atoms with Gasteiger partial charge >= 0.3 is 6.03 Å². The first-order chi connectivity index (χ1) is 11.6. The molecule has 4 rings (SSSR count). The van der Waals surface area contributed by atoms with Gasteiger partial charge in [-0.2, -0.15) is 0 Å². The van der Waals surface area contributed by atoms with Gasteiger partial charge in [0.2, 0.25) is 0 Å². The van der Waals surface area contributed by atoms with E-state index in [9.17, 15) is 4.79 Å². The number of carbonyl (C=O) groups is 1. The Morgan fingerprint density at radius 1 is 0.958 bits per heavy atom. The molecule has 2 heterocycles. The molecule has 0 radical (unpaired) electrons. The standard InChI is InChI=1S/C20H29N3O/c1-13-8-14(2)10-15(9-13)21-20(24)22-16-11-18-4-3-5-19(12-16)23(18)17-6-7-17/h8-10,16-19H,3-7,11-12H2,1-2H3,(H2,21,22,24)/t18-,19-/m0/s1. The number of nitrogens with zero attached hydrogens (tertiary/aromatic N) is 1. The number of carbonyl (C=O) groups excluding carboxylic acids is 1. The highest BCUT2D eigenvalue weighted by atomic mass is 16.2. The number of rotatable bonds is 3. The van der Waals surface area contributed by atoms with Crippen molar-refractivity contribution in [2.45, 2.75) is 83.0 Å². The summed E-state index contributed by atoms with van der Waals surface area (Å²) in [5, 5.41) is 6.26. The van der Waals surface area contributed by atoms with Crippen molar-refractivity contribution in [1.29, 1.82) is 0 Å². The second-order valence-electron chi connectivity index (χ2n) is 8.06. The Bertz CT molecular complexity index is 591. The van der Waals surface area contributed by atoms with Crippen LogP contribution < -0.4 is 10.6 Å². The predicted octanol–water partition coefficient (Wildman–Crippen LogP) is 3.97. The van der Waals surface area contributed by atoms with Gasteiger partial charge in [-0.05, 0) is 75.6 Å². The van der Waals surface area contributed by atoms with Gasteiger partial charge < -0.3 is 10.6 Å². The number of hydrogen-bond donors (Lipinski definition) is 2. The quantitative estimate of drug-likeness (QED) is 0.882. The van der Waals surface area contributed by atoms with Crippen molar-refractivity contribution in [1.82, 2.24) is 10.2 Å². The van der Waals surface area contributed by atoms with Crippen LogP contribution in [0.15, 0.2) is 18.2 Å². The first-order valence-electron chi connectivity index (χ1n) is 9.52. The lowest BCUT2D eigenvalue weighted by molar-refractivity contribution is 0.0198. The third kappa shape index (κ3) is 3.44. The molecule has 0 aromatic heterocycles. The fourth-order valence-corrected chi connectivity index (χ4v) is 4.90. The number of fused-ring (bicyclic) bond motifs is 2. The van der Waals surface area contributed by atoms with Crippen LogP contribution >= 0.6 is 0 Å². The van der Waals surface area contributed by atoms with Crippen LogP contribution in [0.25, 0.3) is 0 Å². The zero-order valence-electron chi connectivity index (χ0n) is 14.8. The molecule has 1 aromatic rings. The first-order valence-corrected chi connectivity index (χ1v) is 9.52. The lowest BCUT2D eigenvalue weighted by Gasteiger charge is -2.49. The van der Waals surface area contributed by atoms with Gasteiger partial charge in [0.05, 0.1) is 0 Å². The summed E-state index contributed by atoms with van der Waals surface area (Å²) >= 11 is 0. The van der Waals surface area contributed by atoms with Gasteiger partial charge in [-0.3, -0.25) is 4.90 Å². The van der Waals surface area contributed by atoms with E-state index in [-0.39, 0.29) is 6.03 Å². The van der Waals surface area contributed by atoms with Gasteiger partial charge in [-0.1, -0.05) is 12.5 Å². The van der Waals surface area contributed by atoms with Gasteiger partial charge in [-0.15, -0.1) is 0 Å². The van der Waals surface area contributed by atoms with E-state index in [2.05, 4.69) is 35.4 Å². The van der Waals surface area contributed by atoms with E-state index in [1.807, 2.05) is 12.1 Å². The summed E-state index contributed by atoms with van der Waals surface area (Å²) in [5.41, 5.74) is 3.25. The molecule has 2 saturated heterocycles. The van der Waals surface area contributed by atoms with Gasteiger partial charge in [0, 0.05) is 29.9 Å². The molecule has 2 aliphatic heterocycles. The maximum absolute atomic E-state index is 12.4. The molecule has 3 aliphatic rings. The second kappa shape index (κ2) is 6.40. The van der Waals surface area contributed by atoms with Crippen LogP contribution in [0.1, 0.15) is 56.1 Å². The number of amides is 2. The van der Waals surface area contributed by atoms with Crippen molar-refractivity contribution in [3.05, 3.63) is 29.3 Å². The predicted molar refractivity (Wildman–Crippen MR) is 97.4 cm³/mol. The molecule has 2 bridgehead atoms. The SMILES string of the molecule is Cc1cc(C)cc(NC(=O)NC2C[C@@H]3CCC[C@@H](C2)N3C2CC2)c1. The number of urea groups is 1. The minimum absolute atomic E-state index is 0.0528. The molecule has 24 heavy (non-hydrogen) atoms. The number of nitrogens with one attached hydrogen (secondary N) is 2. The van der Waals surface area contributed by atoms with Gasteiger partial charge in [0.25, 0.3) is 0 Å². The molecule has 2 amide bonds. The summed E-state index contributed by atoms with van der Waals surface area (Å²) in [5.74, 6) is 0. The smallest absolute Gasteiger partial charge is 0.319 e. The summed E-state index contributed by atoms with van der Waals surface area (Å²) in [6, 6.07) is 8.67. The second-order valence-corrected chi connectivity index (χ2v) is 8.06. The average molecular weight is 327 g/mol. The zero-order chi connectivity index (χ0) is 16.7. The normalized spacial score (nSPS) is 30.0. The van der Waals surface area contributed by atoms with E-state index < -0.39 is 0 Å². The Balaban J connectivity index is 1.36. The molecule has 4 nitrogen and oxygen atoms in total. The van der Waals surface area contributed by atoms with Crippen LogP contribution in [0.4, 0.5) is 10.5 Å². The topological polar surface area (TPSA) is 44.4 Å². The number of hydrogen-bond acceptors (Lipinski definition) is 2. The number of piperidine rings is 2. The number of benzene rings is 1. The Morgan fingerprint density at radius 2 is 1.58 bits per heavy atom. The highest BCUT2D eigenvalue weighted by Crippen LogP contribution is 2.41. The van der Waals surface area contributed by atoms with Gasteiger partial charge in [0.15, 0.2) is 0 Å². The van der Waals surface area contributed by atoms with E-state index in [1.165, 1.54) is 43.2 Å². The van der Waals surface area contributed by atoms with Crippen molar-refractivity contribution in [2.75, 3.05) is 5.32 Å². The molecule has 1 aliphatic carbocycles. The van der Waals surface area contributed by atoms with E-state index in [4.69, 9.17) is 0 Å². The summed E-state index contributed by atoms with van der Waals surface area (Å²) in [4.78, 5) is 15.2. The van der Waals surface area contributed by atoms with Crippen LogP contribution in [0.5, 0.6) is 0 Å². The van der Waals surface area contributed by atoms with Crippen LogP contribution in [-0.4, -0.2) is 35.1 Å². The monoisotopic (exact) mass is 327 g/mol. The summed E-state index contributed by atoms with van der Waals surface area (Å²) in [6.07, 6.45) is 8.99. The molecule has 1 saturated carbocycles. The van der Waals surface area contributed by atoms with Gasteiger partial charge in [0.1, 0.15) is 0 Å². The lowest BCUT2D eigenvalue weighted by atomic mass is 9.81. The van der Waals surface area contributed by atoms with Crippen molar-refractivity contribution < 1.29 is 4.79 Å². The van der Waals surface area contributed by atoms with Crippen LogP contribution in [0, 0.1) is 13.8 Å². The Hall–Kier alpha value is -1.55. The van der Waals surface area contributed by atoms with Crippen molar-refractivity contribution in [3.8, 4) is 0 Å². The minimum Gasteiger partial charge on any atom is -0.335 e. The summed E-state index contributed by atoms with van der Waals surface area (Å²) in [6.45, 7) is 4.12. The van der Waals surface area contributed by atoms with Gasteiger partial charge in [-0.25, -0.2) is 4.79 Å². The highest BCUT2D eigenvalue weighted by Gasteiger charge is 2.45. The largest absolute Gasteiger partial charge is 0.335 e. The molecule has 0 unspecified atom stereocenters. The molecule has 130 valence electrons. The average Bonchev–Trinajstić information content (AvgIpc) is 3.29. The van der Waals surface area contributed by atoms with Crippen molar-refractivity contribution in [2.24, 2.45) is 0 Å². The molecule has 0 spiro atoms. The first kappa shape index (κ1) is 15.9. The summed E-state index contributed by atoms with van der Waals surface area (Å²) < 4.78 is 0. The van der Waals surface area contributed by atoms with E-state index in [1.54, 1.807) is 0 Å². The minimum atomic E-state index is -0.0528. The number of aryl methyl sites for hydroxylation is 2. The summed E-state index contributed by atoms with van der Waals surface area (Å²) in [7, 11) is 0. The number of anilines is 1. The van der Waals surface area contributed by atoms with E-state index >= 15 is 0 Å². The molecule has 2 N–H and O–H groups in total. The van der Waals surface area contributed by atoms with Crippen LogP contribution in [0.3, 0.4) is 0 Å². The van der Waals surface area contributed by atoms with Crippen LogP contribution in [0.2, 0.25) is 0 Å². The Labute approximate surface area is 145 Å². The third-order valence-corrected chi connectivity index (χ3v) is 5.81. The van der Waals surface area contributed by atoms with E-state index in [0.717, 1.165) is 24.6 Å². The lowest BCUT2D eigenvalue weighted by Crippen LogP contribution is -2.58. The van der Waals surface area contributed by atoms with E-state index in [0.29, 0.717) is 18.1 Å². The zero-order valence-corrected chi connectivity index (χ0v) is 14.8. The molecule has 1 aromatic carbocycles. The molecule has 2 atom stereocenters. The van der Waals surface area contributed by atoms with Crippen molar-refractivity contribution >= 4 is 11.7 Å².